The number of piperidine rings is 1. The van der Waals surface area contributed by atoms with Crippen molar-refractivity contribution in [3.63, 3.8) is 0 Å². The minimum atomic E-state index is -0.148. The van der Waals surface area contributed by atoms with Gasteiger partial charge in [0.25, 0.3) is 0 Å². The van der Waals surface area contributed by atoms with E-state index in [1.807, 2.05) is 0 Å². The molecule has 0 amide bonds. The number of aliphatic hydroxyl groups is 1. The second-order valence-corrected chi connectivity index (χ2v) is 16.7. The summed E-state index contributed by atoms with van der Waals surface area (Å²) >= 11 is 0. The van der Waals surface area contributed by atoms with Crippen LogP contribution in [0.25, 0.3) is 0 Å². The van der Waals surface area contributed by atoms with Gasteiger partial charge in [-0.15, -0.1) is 0 Å². The van der Waals surface area contributed by atoms with E-state index in [0.29, 0.717) is 38.4 Å². The molecule has 1 saturated heterocycles. The van der Waals surface area contributed by atoms with Crippen molar-refractivity contribution >= 4 is 11.9 Å². The molecule has 0 aromatic carbocycles. The lowest BCUT2D eigenvalue weighted by Gasteiger charge is -2.42. The number of likely N-dealkylation sites (tertiary alicyclic amines) is 1. The van der Waals surface area contributed by atoms with E-state index in [2.05, 4.69) is 25.7 Å². The maximum absolute atomic E-state index is 12.9. The van der Waals surface area contributed by atoms with E-state index < -0.39 is 0 Å². The molecule has 2 unspecified atom stereocenters. The lowest BCUT2D eigenvalue weighted by molar-refractivity contribution is -0.146. The Morgan fingerprint density at radius 2 is 1.13 bits per heavy atom. The van der Waals surface area contributed by atoms with E-state index in [9.17, 15) is 14.7 Å². The van der Waals surface area contributed by atoms with E-state index in [0.717, 1.165) is 90.6 Å². The molecule has 312 valence electrons. The molecule has 0 spiro atoms. The maximum Gasteiger partial charge on any atom is 0.305 e. The number of carbonyl (C=O) groups excluding carboxylic acids is 2. The largest absolute Gasteiger partial charge is 0.466 e. The van der Waals surface area contributed by atoms with Crippen LogP contribution in [0, 0.1) is 11.3 Å². The predicted molar refractivity (Wildman–Crippen MR) is 217 cm³/mol. The quantitative estimate of drug-likeness (QED) is 0.0495. The standard InChI is InChI=1S/C45H85NO7/c1-4-6-8-10-12-14-16-20-36-50-40(3)22-26-43(48)52-38-30-45(28-33-46(34-29-45)32-18-19-35-47)31-39-53-44(49)27-25-42(41-23-24-41)51-37-21-17-15-13-11-9-7-5-2/h40-42,47H,4-39H2,1-3H3. The lowest BCUT2D eigenvalue weighted by atomic mass is 9.73. The molecule has 2 fully saturated rings. The molecule has 0 aromatic rings. The van der Waals surface area contributed by atoms with Crippen LogP contribution in [0.4, 0.5) is 0 Å². The fourth-order valence-electron chi connectivity index (χ4n) is 7.81. The molecule has 53 heavy (non-hydrogen) atoms. The number of unbranched alkanes of at least 4 members (excludes halogenated alkanes) is 15. The predicted octanol–water partition coefficient (Wildman–Crippen LogP) is 10.7. The number of ether oxygens (including phenoxy) is 4. The topological polar surface area (TPSA) is 94.5 Å². The van der Waals surface area contributed by atoms with Crippen LogP contribution in [0.15, 0.2) is 0 Å². The van der Waals surface area contributed by atoms with Gasteiger partial charge < -0.3 is 29.0 Å². The summed E-state index contributed by atoms with van der Waals surface area (Å²) in [5.41, 5.74) is -0.00387. The smallest absolute Gasteiger partial charge is 0.305 e. The molecule has 1 aliphatic carbocycles. The highest BCUT2D eigenvalue weighted by Gasteiger charge is 2.35. The van der Waals surface area contributed by atoms with Gasteiger partial charge in [0.1, 0.15) is 0 Å². The van der Waals surface area contributed by atoms with Crippen LogP contribution in [-0.4, -0.2) is 86.8 Å². The SMILES string of the molecule is CCCCCCCCCCOC(C)CCC(=O)OCCC1(CCOC(=O)CCC(OCCCCCCCCCC)C2CC2)CCN(CCCCO)CC1. The highest BCUT2D eigenvalue weighted by molar-refractivity contribution is 5.69. The average Bonchev–Trinajstić information content (AvgIpc) is 4.00. The normalized spacial score (nSPS) is 17.1. The Balaban J connectivity index is 1.66. The van der Waals surface area contributed by atoms with Gasteiger partial charge >= 0.3 is 11.9 Å². The molecule has 8 nitrogen and oxygen atoms in total. The Morgan fingerprint density at radius 3 is 1.64 bits per heavy atom. The fraction of sp³-hybridized carbons (Fsp3) is 0.956. The van der Waals surface area contributed by atoms with E-state index in [4.69, 9.17) is 18.9 Å². The summed E-state index contributed by atoms with van der Waals surface area (Å²) in [6, 6.07) is 0. The van der Waals surface area contributed by atoms with E-state index in [1.54, 1.807) is 0 Å². The fourth-order valence-corrected chi connectivity index (χ4v) is 7.81. The lowest BCUT2D eigenvalue weighted by Crippen LogP contribution is -2.42. The maximum atomic E-state index is 12.9. The summed E-state index contributed by atoms with van der Waals surface area (Å²) in [6.07, 6.45) is 31.0. The molecule has 2 aliphatic rings. The number of nitrogens with zero attached hydrogens (tertiary/aromatic N) is 1. The van der Waals surface area contributed by atoms with E-state index in [-0.39, 0.29) is 36.2 Å². The van der Waals surface area contributed by atoms with Crippen LogP contribution in [0.3, 0.4) is 0 Å². The first-order valence-electron chi connectivity index (χ1n) is 22.8. The molecule has 2 atom stereocenters. The van der Waals surface area contributed by atoms with E-state index in [1.165, 1.54) is 103 Å². The molecular weight excluding hydrogens is 666 g/mol. The van der Waals surface area contributed by atoms with Gasteiger partial charge in [0.15, 0.2) is 0 Å². The summed E-state index contributed by atoms with van der Waals surface area (Å²) < 4.78 is 23.9. The molecule has 1 aliphatic heterocycles. The molecule has 1 saturated carbocycles. The molecule has 0 aromatic heterocycles. The molecule has 1 N–H and O–H groups in total. The third-order valence-electron chi connectivity index (χ3n) is 11.9. The van der Waals surface area contributed by atoms with Gasteiger partial charge in [0.2, 0.25) is 0 Å². The van der Waals surface area contributed by atoms with Gasteiger partial charge in [-0.25, -0.2) is 0 Å². The van der Waals surface area contributed by atoms with Crippen LogP contribution >= 0.6 is 0 Å². The van der Waals surface area contributed by atoms with Gasteiger partial charge in [0, 0.05) is 32.7 Å². The van der Waals surface area contributed by atoms with Crippen LogP contribution in [0.5, 0.6) is 0 Å². The van der Waals surface area contributed by atoms with Crippen molar-refractivity contribution in [3.05, 3.63) is 0 Å². The van der Waals surface area contributed by atoms with Gasteiger partial charge in [-0.05, 0) is 115 Å². The van der Waals surface area contributed by atoms with Gasteiger partial charge in [-0.2, -0.15) is 0 Å². The Kier molecular flexibility index (Phi) is 28.9. The first-order chi connectivity index (χ1) is 25.9. The number of rotatable bonds is 37. The van der Waals surface area contributed by atoms with Gasteiger partial charge in [-0.3, -0.25) is 9.59 Å². The third kappa shape index (κ3) is 25.5. The van der Waals surface area contributed by atoms with Crippen molar-refractivity contribution in [3.8, 4) is 0 Å². The van der Waals surface area contributed by atoms with Crippen molar-refractivity contribution < 1.29 is 33.6 Å². The third-order valence-corrected chi connectivity index (χ3v) is 11.9. The van der Waals surface area contributed by atoms with Crippen molar-refractivity contribution in [1.82, 2.24) is 4.90 Å². The summed E-state index contributed by atoms with van der Waals surface area (Å²) in [5.74, 6) is 0.347. The zero-order valence-electron chi connectivity index (χ0n) is 35.0. The van der Waals surface area contributed by atoms with Crippen LogP contribution in [0.1, 0.15) is 201 Å². The second kappa shape index (κ2) is 31.9. The van der Waals surface area contributed by atoms with Crippen molar-refractivity contribution in [2.45, 2.75) is 213 Å². The van der Waals surface area contributed by atoms with Gasteiger partial charge in [0.05, 0.1) is 25.4 Å². The van der Waals surface area contributed by atoms with E-state index >= 15 is 0 Å². The van der Waals surface area contributed by atoms with Crippen molar-refractivity contribution in [1.29, 1.82) is 0 Å². The molecular formula is C45H85NO7. The monoisotopic (exact) mass is 752 g/mol. The summed E-state index contributed by atoms with van der Waals surface area (Å²) in [5, 5.41) is 9.20. The van der Waals surface area contributed by atoms with Crippen molar-refractivity contribution in [2.75, 3.05) is 52.7 Å². The Hall–Kier alpha value is -1.22. The Bertz CT molecular complexity index is 873. The van der Waals surface area contributed by atoms with Crippen molar-refractivity contribution in [2.24, 2.45) is 11.3 Å². The zero-order valence-corrected chi connectivity index (χ0v) is 35.0. The number of esters is 2. The highest BCUT2D eigenvalue weighted by atomic mass is 16.5. The average molecular weight is 752 g/mol. The number of carbonyl (C=O) groups is 2. The molecule has 8 heteroatoms. The van der Waals surface area contributed by atoms with Gasteiger partial charge in [-0.1, -0.05) is 104 Å². The van der Waals surface area contributed by atoms with Crippen LogP contribution in [0.2, 0.25) is 0 Å². The Morgan fingerprint density at radius 1 is 0.642 bits per heavy atom. The number of hydrogen-bond donors (Lipinski definition) is 1. The first-order valence-corrected chi connectivity index (χ1v) is 22.8. The zero-order chi connectivity index (χ0) is 38.2. The Labute approximate surface area is 326 Å². The molecule has 2 rings (SSSR count). The number of hydrogen-bond acceptors (Lipinski definition) is 8. The summed E-state index contributed by atoms with van der Waals surface area (Å²) in [6.45, 7) is 12.2. The first kappa shape index (κ1) is 47.9. The molecule has 0 bridgehead atoms. The number of aliphatic hydroxyl groups excluding tert-OH is 1. The molecule has 0 radical (unpaired) electrons. The minimum Gasteiger partial charge on any atom is -0.466 e. The summed E-state index contributed by atoms with van der Waals surface area (Å²) in [4.78, 5) is 28.0. The summed E-state index contributed by atoms with van der Waals surface area (Å²) in [7, 11) is 0. The minimum absolute atomic E-state index is 0.00387. The molecule has 1 heterocycles. The second-order valence-electron chi connectivity index (χ2n) is 16.7. The van der Waals surface area contributed by atoms with Crippen LogP contribution < -0.4 is 0 Å². The van der Waals surface area contributed by atoms with Crippen LogP contribution in [-0.2, 0) is 28.5 Å². The highest BCUT2D eigenvalue weighted by Crippen LogP contribution is 2.39.